The molecule has 0 bridgehead atoms. The highest BCUT2D eigenvalue weighted by Gasteiger charge is 2.20. The number of aromatic nitrogens is 4. The van der Waals surface area contributed by atoms with Crippen molar-refractivity contribution in [3.8, 4) is 0 Å². The van der Waals surface area contributed by atoms with Gasteiger partial charge in [-0.05, 0) is 18.6 Å². The molecule has 1 unspecified atom stereocenters. The molecule has 0 spiro atoms. The Morgan fingerprint density at radius 3 is 2.76 bits per heavy atom. The largest absolute Gasteiger partial charge is 0.354 e. The van der Waals surface area contributed by atoms with Crippen LogP contribution in [-0.2, 0) is 4.79 Å². The standard InChI is InChI=1S/C16H14Cl2N6O/c17-11-3-13-14(4-12(11)18)23-15(7-19-13)22-9-5-21-24(8-9)10-1-2-16(25)20-6-10/h3-5,7-8,10H,1-2,6H2,(H,20,25)(H,22,23). The summed E-state index contributed by atoms with van der Waals surface area (Å²) in [4.78, 5) is 20.1. The first-order valence-electron chi connectivity index (χ1n) is 7.78. The maximum Gasteiger partial charge on any atom is 0.220 e. The fourth-order valence-electron chi connectivity index (χ4n) is 2.76. The summed E-state index contributed by atoms with van der Waals surface area (Å²) in [5.41, 5.74) is 2.13. The SMILES string of the molecule is O=C1CCC(n2cc(Nc3cnc4cc(Cl)c(Cl)cc4n3)cn2)CN1. The van der Waals surface area contributed by atoms with Crippen molar-refractivity contribution in [1.29, 1.82) is 0 Å². The fourth-order valence-corrected chi connectivity index (χ4v) is 3.08. The second kappa shape index (κ2) is 6.50. The first-order valence-corrected chi connectivity index (χ1v) is 8.54. The van der Waals surface area contributed by atoms with Crippen molar-refractivity contribution in [3.05, 3.63) is 40.8 Å². The van der Waals surface area contributed by atoms with E-state index in [0.29, 0.717) is 39.9 Å². The van der Waals surface area contributed by atoms with Crippen LogP contribution in [0.3, 0.4) is 0 Å². The third kappa shape index (κ3) is 3.38. The zero-order valence-corrected chi connectivity index (χ0v) is 14.6. The van der Waals surface area contributed by atoms with Crippen molar-refractivity contribution in [2.75, 3.05) is 11.9 Å². The second-order valence-corrected chi connectivity index (χ2v) is 6.66. The van der Waals surface area contributed by atoms with Gasteiger partial charge < -0.3 is 10.6 Å². The summed E-state index contributed by atoms with van der Waals surface area (Å²) in [6.45, 7) is 0.592. The van der Waals surface area contributed by atoms with Crippen LogP contribution in [-0.4, -0.2) is 32.2 Å². The quantitative estimate of drug-likeness (QED) is 0.732. The van der Waals surface area contributed by atoms with Crippen LogP contribution in [0.15, 0.2) is 30.7 Å². The van der Waals surface area contributed by atoms with Crippen LogP contribution in [0, 0.1) is 0 Å². The van der Waals surface area contributed by atoms with Crippen molar-refractivity contribution >= 4 is 51.6 Å². The first-order chi connectivity index (χ1) is 12.1. The summed E-state index contributed by atoms with van der Waals surface area (Å²) in [7, 11) is 0. The lowest BCUT2D eigenvalue weighted by molar-refractivity contribution is -0.122. The van der Waals surface area contributed by atoms with Gasteiger partial charge in [0.2, 0.25) is 5.91 Å². The third-order valence-electron chi connectivity index (χ3n) is 4.07. The molecule has 3 aromatic rings. The van der Waals surface area contributed by atoms with Gasteiger partial charge in [0, 0.05) is 19.2 Å². The predicted molar refractivity (Wildman–Crippen MR) is 96.3 cm³/mol. The van der Waals surface area contributed by atoms with Gasteiger partial charge in [-0.15, -0.1) is 0 Å². The van der Waals surface area contributed by atoms with Gasteiger partial charge in [-0.25, -0.2) is 4.98 Å². The zero-order chi connectivity index (χ0) is 17.4. The van der Waals surface area contributed by atoms with E-state index < -0.39 is 0 Å². The van der Waals surface area contributed by atoms with Crippen LogP contribution >= 0.6 is 23.2 Å². The van der Waals surface area contributed by atoms with Crippen molar-refractivity contribution in [1.82, 2.24) is 25.1 Å². The van der Waals surface area contributed by atoms with Crippen LogP contribution in [0.4, 0.5) is 11.5 Å². The molecule has 1 atom stereocenters. The van der Waals surface area contributed by atoms with E-state index in [2.05, 4.69) is 25.7 Å². The molecule has 1 amide bonds. The summed E-state index contributed by atoms with van der Waals surface area (Å²) >= 11 is 12.0. The number of carbonyl (C=O) groups is 1. The fraction of sp³-hybridized carbons (Fsp3) is 0.250. The topological polar surface area (TPSA) is 84.7 Å². The highest BCUT2D eigenvalue weighted by atomic mass is 35.5. The van der Waals surface area contributed by atoms with E-state index >= 15 is 0 Å². The molecular weight excluding hydrogens is 363 g/mol. The lowest BCUT2D eigenvalue weighted by Crippen LogP contribution is -2.36. The van der Waals surface area contributed by atoms with E-state index in [1.54, 1.807) is 24.5 Å². The van der Waals surface area contributed by atoms with Crippen LogP contribution < -0.4 is 10.6 Å². The normalized spacial score (nSPS) is 17.5. The number of piperidine rings is 1. The van der Waals surface area contributed by atoms with Gasteiger partial charge in [0.25, 0.3) is 0 Å². The summed E-state index contributed by atoms with van der Waals surface area (Å²) in [6, 6.07) is 3.54. The van der Waals surface area contributed by atoms with Crippen molar-refractivity contribution in [2.45, 2.75) is 18.9 Å². The number of hydrogen-bond acceptors (Lipinski definition) is 5. The van der Waals surface area contributed by atoms with Crippen LogP contribution in [0.2, 0.25) is 10.0 Å². The maximum atomic E-state index is 11.3. The average molecular weight is 377 g/mol. The van der Waals surface area contributed by atoms with Crippen molar-refractivity contribution in [2.24, 2.45) is 0 Å². The number of fused-ring (bicyclic) bond motifs is 1. The Kier molecular flexibility index (Phi) is 4.19. The van der Waals surface area contributed by atoms with E-state index in [1.807, 2.05) is 10.9 Å². The summed E-state index contributed by atoms with van der Waals surface area (Å²) in [5.74, 6) is 0.675. The molecule has 1 aliphatic heterocycles. The summed E-state index contributed by atoms with van der Waals surface area (Å²) in [5, 5.41) is 11.3. The number of hydrogen-bond donors (Lipinski definition) is 2. The molecule has 3 heterocycles. The minimum Gasteiger partial charge on any atom is -0.354 e. The number of amides is 1. The van der Waals surface area contributed by atoms with Gasteiger partial charge in [-0.2, -0.15) is 5.10 Å². The number of nitrogens with one attached hydrogen (secondary N) is 2. The number of halogens is 2. The molecule has 9 heteroatoms. The first kappa shape index (κ1) is 16.1. The molecule has 1 fully saturated rings. The molecule has 25 heavy (non-hydrogen) atoms. The number of nitrogens with zero attached hydrogens (tertiary/aromatic N) is 4. The predicted octanol–water partition coefficient (Wildman–Crippen LogP) is 3.33. The molecule has 2 aromatic heterocycles. The van der Waals surface area contributed by atoms with Crippen molar-refractivity contribution in [3.63, 3.8) is 0 Å². The lowest BCUT2D eigenvalue weighted by Gasteiger charge is -2.22. The minimum absolute atomic E-state index is 0.0898. The highest BCUT2D eigenvalue weighted by Crippen LogP contribution is 2.27. The smallest absolute Gasteiger partial charge is 0.220 e. The molecule has 128 valence electrons. The highest BCUT2D eigenvalue weighted by molar-refractivity contribution is 6.42. The van der Waals surface area contributed by atoms with Gasteiger partial charge in [0.15, 0.2) is 0 Å². The number of benzene rings is 1. The Hall–Kier alpha value is -2.38. The maximum absolute atomic E-state index is 11.3. The van der Waals surface area contributed by atoms with Gasteiger partial charge in [-0.3, -0.25) is 14.5 Å². The van der Waals surface area contributed by atoms with Gasteiger partial charge in [0.1, 0.15) is 5.82 Å². The molecule has 0 radical (unpaired) electrons. The molecule has 1 aliphatic rings. The minimum atomic E-state index is 0.0898. The Morgan fingerprint density at radius 2 is 2.00 bits per heavy atom. The Balaban J connectivity index is 1.53. The van der Waals surface area contributed by atoms with Gasteiger partial charge in [-0.1, -0.05) is 23.2 Å². The monoisotopic (exact) mass is 376 g/mol. The molecular formula is C16H14Cl2N6O. The van der Waals surface area contributed by atoms with Gasteiger partial charge in [0.05, 0.1) is 45.2 Å². The molecule has 2 N–H and O–H groups in total. The Morgan fingerprint density at radius 1 is 1.20 bits per heavy atom. The Bertz CT molecular complexity index is 947. The molecule has 1 saturated heterocycles. The number of anilines is 2. The van der Waals surface area contributed by atoms with Gasteiger partial charge >= 0.3 is 0 Å². The second-order valence-electron chi connectivity index (χ2n) is 5.84. The Labute approximate surface area is 153 Å². The van der Waals surface area contributed by atoms with Crippen molar-refractivity contribution < 1.29 is 4.79 Å². The molecule has 0 saturated carbocycles. The summed E-state index contributed by atoms with van der Waals surface area (Å²) < 4.78 is 1.85. The van der Waals surface area contributed by atoms with Crippen LogP contribution in [0.1, 0.15) is 18.9 Å². The van der Waals surface area contributed by atoms with E-state index in [4.69, 9.17) is 23.2 Å². The number of carbonyl (C=O) groups excluding carboxylic acids is 1. The van der Waals surface area contributed by atoms with E-state index in [-0.39, 0.29) is 11.9 Å². The zero-order valence-electron chi connectivity index (χ0n) is 13.0. The number of rotatable bonds is 3. The molecule has 4 rings (SSSR count). The average Bonchev–Trinajstić information content (AvgIpc) is 3.05. The molecule has 1 aromatic carbocycles. The van der Waals surface area contributed by atoms with E-state index in [9.17, 15) is 4.79 Å². The molecule has 0 aliphatic carbocycles. The van der Waals surface area contributed by atoms with E-state index in [1.165, 1.54) is 0 Å². The lowest BCUT2D eigenvalue weighted by atomic mass is 10.1. The van der Waals surface area contributed by atoms with Crippen LogP contribution in [0.25, 0.3) is 11.0 Å². The van der Waals surface area contributed by atoms with E-state index in [0.717, 1.165) is 12.1 Å². The third-order valence-corrected chi connectivity index (χ3v) is 4.79. The summed E-state index contributed by atoms with van der Waals surface area (Å²) in [6.07, 6.45) is 6.54. The van der Waals surface area contributed by atoms with Crippen LogP contribution in [0.5, 0.6) is 0 Å². The molecule has 7 nitrogen and oxygen atoms in total.